The molecular weight excluding hydrogens is 254 g/mol. The zero-order chi connectivity index (χ0) is 15.0. The van der Waals surface area contributed by atoms with Crippen molar-refractivity contribution in [1.82, 2.24) is 20.6 Å². The standard InChI is InChI=1S/C14H25N5O/c1-5-15-7-12-8-17-14(18-9-12)19(4)10-13(20)16-6-11(2)3/h8-9,11,15H,5-7,10H2,1-4H3,(H,16,20). The van der Waals surface area contributed by atoms with E-state index in [4.69, 9.17) is 0 Å². The fourth-order valence-electron chi connectivity index (χ4n) is 1.57. The van der Waals surface area contributed by atoms with Crippen molar-refractivity contribution in [2.45, 2.75) is 27.3 Å². The smallest absolute Gasteiger partial charge is 0.239 e. The molecule has 2 N–H and O–H groups in total. The third-order valence-electron chi connectivity index (χ3n) is 2.70. The van der Waals surface area contributed by atoms with Crippen LogP contribution in [0.3, 0.4) is 0 Å². The largest absolute Gasteiger partial charge is 0.354 e. The molecule has 6 nitrogen and oxygen atoms in total. The van der Waals surface area contributed by atoms with E-state index in [-0.39, 0.29) is 12.5 Å². The lowest BCUT2D eigenvalue weighted by atomic mass is 10.2. The molecule has 0 saturated heterocycles. The summed E-state index contributed by atoms with van der Waals surface area (Å²) in [4.78, 5) is 22.0. The number of anilines is 1. The van der Waals surface area contributed by atoms with Crippen molar-refractivity contribution >= 4 is 11.9 Å². The van der Waals surface area contributed by atoms with Crippen molar-refractivity contribution < 1.29 is 4.79 Å². The van der Waals surface area contributed by atoms with Gasteiger partial charge in [0.25, 0.3) is 0 Å². The summed E-state index contributed by atoms with van der Waals surface area (Å²) >= 11 is 0. The summed E-state index contributed by atoms with van der Waals surface area (Å²) in [5.74, 6) is 0.998. The molecule has 112 valence electrons. The maximum atomic E-state index is 11.7. The van der Waals surface area contributed by atoms with E-state index in [1.165, 1.54) is 0 Å². The van der Waals surface area contributed by atoms with Crippen LogP contribution >= 0.6 is 0 Å². The van der Waals surface area contributed by atoms with Gasteiger partial charge in [-0.2, -0.15) is 0 Å². The van der Waals surface area contributed by atoms with Crippen LogP contribution < -0.4 is 15.5 Å². The molecule has 6 heteroatoms. The molecule has 0 spiro atoms. The van der Waals surface area contributed by atoms with E-state index in [1.54, 1.807) is 17.3 Å². The van der Waals surface area contributed by atoms with Crippen LogP contribution in [-0.4, -0.2) is 42.6 Å². The third kappa shape index (κ3) is 5.97. The molecule has 0 aliphatic heterocycles. The van der Waals surface area contributed by atoms with Crippen molar-refractivity contribution in [3.05, 3.63) is 18.0 Å². The Morgan fingerprint density at radius 2 is 2.00 bits per heavy atom. The van der Waals surface area contributed by atoms with Gasteiger partial charge in [-0.25, -0.2) is 9.97 Å². The van der Waals surface area contributed by atoms with Gasteiger partial charge in [0.05, 0.1) is 6.54 Å². The van der Waals surface area contributed by atoms with Crippen LogP contribution in [0.4, 0.5) is 5.95 Å². The molecule has 0 bridgehead atoms. The first kappa shape index (κ1) is 16.4. The maximum absolute atomic E-state index is 11.7. The first-order valence-electron chi connectivity index (χ1n) is 7.02. The molecule has 1 heterocycles. The molecule has 1 aromatic rings. The molecule has 0 atom stereocenters. The number of likely N-dealkylation sites (N-methyl/N-ethyl adjacent to an activating group) is 1. The van der Waals surface area contributed by atoms with Crippen LogP contribution in [0.2, 0.25) is 0 Å². The van der Waals surface area contributed by atoms with E-state index in [2.05, 4.69) is 41.4 Å². The van der Waals surface area contributed by atoms with Gasteiger partial charge in [0.1, 0.15) is 0 Å². The van der Waals surface area contributed by atoms with Gasteiger partial charge in [0.2, 0.25) is 11.9 Å². The highest BCUT2D eigenvalue weighted by atomic mass is 16.2. The lowest BCUT2D eigenvalue weighted by Gasteiger charge is -2.17. The molecule has 0 aliphatic rings. The van der Waals surface area contributed by atoms with Crippen molar-refractivity contribution in [2.24, 2.45) is 5.92 Å². The van der Waals surface area contributed by atoms with Crippen molar-refractivity contribution in [3.8, 4) is 0 Å². The molecule has 0 saturated carbocycles. The van der Waals surface area contributed by atoms with Gasteiger partial charge < -0.3 is 15.5 Å². The predicted octanol–water partition coefficient (Wildman–Crippen LogP) is 0.795. The SMILES string of the molecule is CCNCc1cnc(N(C)CC(=O)NCC(C)C)nc1. The van der Waals surface area contributed by atoms with E-state index in [9.17, 15) is 4.79 Å². The number of hydrogen-bond acceptors (Lipinski definition) is 5. The Kier molecular flexibility index (Phi) is 6.93. The molecule has 20 heavy (non-hydrogen) atoms. The highest BCUT2D eigenvalue weighted by Gasteiger charge is 2.09. The summed E-state index contributed by atoms with van der Waals surface area (Å²) in [5, 5.41) is 6.09. The van der Waals surface area contributed by atoms with Crippen LogP contribution in [0.15, 0.2) is 12.4 Å². The minimum atomic E-state index is -0.0125. The minimum Gasteiger partial charge on any atom is -0.354 e. The van der Waals surface area contributed by atoms with Crippen molar-refractivity contribution in [3.63, 3.8) is 0 Å². The molecule has 1 amide bonds. The minimum absolute atomic E-state index is 0.0125. The molecule has 0 radical (unpaired) electrons. The molecule has 0 aromatic carbocycles. The molecular formula is C14H25N5O. The number of carbonyl (C=O) groups is 1. The zero-order valence-electron chi connectivity index (χ0n) is 12.8. The second kappa shape index (κ2) is 8.47. The van der Waals surface area contributed by atoms with E-state index < -0.39 is 0 Å². The Hall–Kier alpha value is -1.69. The molecule has 1 rings (SSSR count). The average Bonchev–Trinajstić information content (AvgIpc) is 2.43. The highest BCUT2D eigenvalue weighted by molar-refractivity contribution is 5.80. The first-order valence-corrected chi connectivity index (χ1v) is 7.02. The van der Waals surface area contributed by atoms with Crippen LogP contribution in [0.5, 0.6) is 0 Å². The Balaban J connectivity index is 2.46. The number of rotatable bonds is 8. The molecule has 0 unspecified atom stereocenters. The number of aromatic nitrogens is 2. The topological polar surface area (TPSA) is 70.2 Å². The lowest BCUT2D eigenvalue weighted by molar-refractivity contribution is -0.119. The van der Waals surface area contributed by atoms with E-state index in [1.807, 2.05) is 7.05 Å². The third-order valence-corrected chi connectivity index (χ3v) is 2.70. The summed E-state index contributed by atoms with van der Waals surface area (Å²) in [7, 11) is 1.81. The number of carbonyl (C=O) groups excluding carboxylic acids is 1. The van der Waals surface area contributed by atoms with Crippen molar-refractivity contribution in [2.75, 3.05) is 31.6 Å². The van der Waals surface area contributed by atoms with E-state index in [0.717, 1.165) is 18.7 Å². The van der Waals surface area contributed by atoms with Gasteiger partial charge in [-0.15, -0.1) is 0 Å². The quantitative estimate of drug-likeness (QED) is 0.736. The van der Waals surface area contributed by atoms with Gasteiger partial charge in [-0.3, -0.25) is 4.79 Å². The number of nitrogens with zero attached hydrogens (tertiary/aromatic N) is 3. The Labute approximate surface area is 121 Å². The summed E-state index contributed by atoms with van der Waals surface area (Å²) in [6, 6.07) is 0. The Bertz CT molecular complexity index is 405. The highest BCUT2D eigenvalue weighted by Crippen LogP contribution is 2.04. The normalized spacial score (nSPS) is 10.7. The van der Waals surface area contributed by atoms with Crippen LogP contribution in [0.1, 0.15) is 26.3 Å². The van der Waals surface area contributed by atoms with Gasteiger partial charge in [-0.1, -0.05) is 20.8 Å². The number of hydrogen-bond donors (Lipinski definition) is 2. The van der Waals surface area contributed by atoms with Crippen LogP contribution in [0.25, 0.3) is 0 Å². The second-order valence-corrected chi connectivity index (χ2v) is 5.23. The lowest BCUT2D eigenvalue weighted by Crippen LogP contribution is -2.37. The van der Waals surface area contributed by atoms with Crippen LogP contribution in [-0.2, 0) is 11.3 Å². The predicted molar refractivity (Wildman–Crippen MR) is 80.5 cm³/mol. The van der Waals surface area contributed by atoms with Gasteiger partial charge in [0, 0.05) is 38.1 Å². The maximum Gasteiger partial charge on any atom is 0.239 e. The van der Waals surface area contributed by atoms with Crippen LogP contribution in [0, 0.1) is 5.92 Å². The van der Waals surface area contributed by atoms with Gasteiger partial charge in [-0.05, 0) is 12.5 Å². The summed E-state index contributed by atoms with van der Waals surface area (Å²) in [5.41, 5.74) is 1.04. The zero-order valence-corrected chi connectivity index (χ0v) is 12.8. The first-order chi connectivity index (χ1) is 9.52. The fraction of sp³-hybridized carbons (Fsp3) is 0.643. The van der Waals surface area contributed by atoms with Gasteiger partial charge in [0.15, 0.2) is 0 Å². The van der Waals surface area contributed by atoms with Crippen molar-refractivity contribution in [1.29, 1.82) is 0 Å². The Morgan fingerprint density at radius 1 is 1.35 bits per heavy atom. The average molecular weight is 279 g/mol. The molecule has 1 aromatic heterocycles. The number of nitrogens with one attached hydrogen (secondary N) is 2. The monoisotopic (exact) mass is 279 g/mol. The van der Waals surface area contributed by atoms with E-state index >= 15 is 0 Å². The second-order valence-electron chi connectivity index (χ2n) is 5.23. The summed E-state index contributed by atoms with van der Waals surface area (Å²) < 4.78 is 0. The summed E-state index contributed by atoms with van der Waals surface area (Å²) in [6.45, 7) is 8.81. The fourth-order valence-corrected chi connectivity index (χ4v) is 1.57. The Morgan fingerprint density at radius 3 is 2.55 bits per heavy atom. The summed E-state index contributed by atoms with van der Waals surface area (Å²) in [6.07, 6.45) is 3.57. The van der Waals surface area contributed by atoms with E-state index in [0.29, 0.717) is 18.4 Å². The van der Waals surface area contributed by atoms with Gasteiger partial charge >= 0.3 is 0 Å². The molecule has 0 fully saturated rings. The molecule has 0 aliphatic carbocycles. The number of amides is 1.